The van der Waals surface area contributed by atoms with Gasteiger partial charge in [-0.1, -0.05) is 54.6 Å². The fraction of sp³-hybridized carbons (Fsp3) is 0.375. The highest BCUT2D eigenvalue weighted by Gasteiger charge is 2.31. The molecule has 3 aromatic rings. The number of hydrogen-bond acceptors (Lipinski definition) is 8. The number of Topliss-reactive ketones (excluding diaryl/α,β-unsaturated/α-hetero) is 1. The maximum Gasteiger partial charge on any atom is 0.422 e. The molecule has 12 heteroatoms. The summed E-state index contributed by atoms with van der Waals surface area (Å²) in [5.74, 6) is -2.71. The van der Waals surface area contributed by atoms with E-state index < -0.39 is 53.7 Å². The molecule has 0 aliphatic carbocycles. The zero-order valence-corrected chi connectivity index (χ0v) is 25.6. The van der Waals surface area contributed by atoms with Gasteiger partial charge in [0.15, 0.2) is 5.78 Å². The molecule has 234 valence electrons. The molecule has 0 spiro atoms. The van der Waals surface area contributed by atoms with Crippen molar-refractivity contribution in [3.05, 3.63) is 78.0 Å². The molecule has 44 heavy (non-hydrogen) atoms. The Bertz CT molecular complexity index is 1490. The topological polar surface area (TPSA) is 173 Å². The van der Waals surface area contributed by atoms with Crippen LogP contribution in [0.25, 0.3) is 10.9 Å². The number of para-hydroxylation sites is 1. The van der Waals surface area contributed by atoms with Gasteiger partial charge in [0, 0.05) is 11.4 Å². The quantitative estimate of drug-likeness (QED) is 0.216. The van der Waals surface area contributed by atoms with Gasteiger partial charge < -0.3 is 21.1 Å². The van der Waals surface area contributed by atoms with Crippen LogP contribution in [-0.2, 0) is 25.5 Å². The van der Waals surface area contributed by atoms with Gasteiger partial charge in [-0.2, -0.15) is 0 Å². The summed E-state index contributed by atoms with van der Waals surface area (Å²) in [4.78, 5) is 68.9. The van der Waals surface area contributed by atoms with E-state index in [1.54, 1.807) is 77.1 Å². The van der Waals surface area contributed by atoms with Crippen LogP contribution in [0.3, 0.4) is 0 Å². The number of ether oxygens (including phenoxy) is 1. The first-order valence-electron chi connectivity index (χ1n) is 14.3. The summed E-state index contributed by atoms with van der Waals surface area (Å²) in [5.41, 5.74) is 8.65. The van der Waals surface area contributed by atoms with Gasteiger partial charge in [0.05, 0.1) is 24.5 Å². The molecule has 0 saturated carbocycles. The van der Waals surface area contributed by atoms with Crippen LogP contribution in [0.1, 0.15) is 57.1 Å². The zero-order chi connectivity index (χ0) is 32.4. The van der Waals surface area contributed by atoms with E-state index in [0.717, 1.165) is 10.9 Å². The molecule has 0 radical (unpaired) electrons. The number of hydrogen-bond donors (Lipinski definition) is 4. The number of nitrogens with zero attached hydrogens (tertiary/aromatic N) is 2. The number of aromatic nitrogens is 1. The molecule has 2 aromatic carbocycles. The number of nitrogens with one attached hydrogen (secondary N) is 3. The maximum atomic E-state index is 13.6. The van der Waals surface area contributed by atoms with Crippen LogP contribution in [-0.4, -0.2) is 69.9 Å². The summed E-state index contributed by atoms with van der Waals surface area (Å²) in [6, 6.07) is 16.8. The Hall–Kier alpha value is -4.84. The second-order valence-corrected chi connectivity index (χ2v) is 11.6. The summed E-state index contributed by atoms with van der Waals surface area (Å²) in [5, 5.41) is 7.46. The average molecular weight is 605 g/mol. The molecule has 1 aromatic heterocycles. The molecule has 0 bridgehead atoms. The Morgan fingerprint density at radius 1 is 0.886 bits per heavy atom. The van der Waals surface area contributed by atoms with Crippen molar-refractivity contribution in [2.45, 2.75) is 71.2 Å². The first-order chi connectivity index (χ1) is 20.7. The van der Waals surface area contributed by atoms with Crippen molar-refractivity contribution in [2.24, 2.45) is 5.73 Å². The van der Waals surface area contributed by atoms with Crippen molar-refractivity contribution >= 4 is 40.5 Å². The fourth-order valence-electron chi connectivity index (χ4n) is 4.25. The van der Waals surface area contributed by atoms with Gasteiger partial charge >= 0.3 is 6.09 Å². The van der Waals surface area contributed by atoms with Crippen LogP contribution in [0.4, 0.5) is 4.79 Å². The normalized spacial score (nSPS) is 12.8. The van der Waals surface area contributed by atoms with Gasteiger partial charge in [-0.25, -0.2) is 14.8 Å². The van der Waals surface area contributed by atoms with Gasteiger partial charge in [0.1, 0.15) is 17.3 Å². The lowest BCUT2D eigenvalue weighted by Gasteiger charge is -2.30. The number of benzene rings is 2. The Labute approximate surface area is 256 Å². The first-order valence-corrected chi connectivity index (χ1v) is 14.3. The van der Waals surface area contributed by atoms with Crippen LogP contribution >= 0.6 is 0 Å². The van der Waals surface area contributed by atoms with Crippen LogP contribution in [0.2, 0.25) is 0 Å². The monoisotopic (exact) mass is 604 g/mol. The van der Waals surface area contributed by atoms with Crippen molar-refractivity contribution in [1.29, 1.82) is 0 Å². The predicted octanol–water partition coefficient (Wildman–Crippen LogP) is 2.66. The number of carbonyl (C=O) groups excluding carboxylic acids is 5. The van der Waals surface area contributed by atoms with Crippen molar-refractivity contribution in [3.63, 3.8) is 0 Å². The number of primary amides is 1. The van der Waals surface area contributed by atoms with Gasteiger partial charge in [0.2, 0.25) is 11.8 Å². The molecule has 1 heterocycles. The van der Waals surface area contributed by atoms with Crippen molar-refractivity contribution in [3.8, 4) is 0 Å². The van der Waals surface area contributed by atoms with E-state index in [-0.39, 0.29) is 24.7 Å². The number of rotatable bonds is 13. The van der Waals surface area contributed by atoms with E-state index in [4.69, 9.17) is 10.5 Å². The summed E-state index contributed by atoms with van der Waals surface area (Å²) in [6.07, 6.45) is -1.11. The van der Waals surface area contributed by atoms with Crippen molar-refractivity contribution < 1.29 is 28.7 Å². The van der Waals surface area contributed by atoms with Crippen molar-refractivity contribution in [2.75, 3.05) is 6.54 Å². The highest BCUT2D eigenvalue weighted by atomic mass is 16.6. The second kappa shape index (κ2) is 15.1. The number of ketones is 1. The SMILES string of the molecule is CC(C)N(CC(=O)[C@H](Cc1ccccc1)NC(=O)[C@H](CC(N)=O)NC(=O)c1ccc2ccccc2n1)NC(=O)OC(C)(C)C. The number of amides is 4. The molecular formula is C32H40N6O6. The zero-order valence-electron chi connectivity index (χ0n) is 25.6. The minimum absolute atomic E-state index is 0.0451. The fourth-order valence-corrected chi connectivity index (χ4v) is 4.25. The van der Waals surface area contributed by atoms with Gasteiger partial charge in [-0.15, -0.1) is 0 Å². The van der Waals surface area contributed by atoms with Gasteiger partial charge in [-0.3, -0.25) is 24.6 Å². The third-order valence-corrected chi connectivity index (χ3v) is 6.43. The summed E-state index contributed by atoms with van der Waals surface area (Å²) in [6.45, 7) is 8.48. The molecule has 0 saturated heterocycles. The van der Waals surface area contributed by atoms with Gasteiger partial charge in [-0.05, 0) is 58.7 Å². The lowest BCUT2D eigenvalue weighted by Crippen LogP contribution is -2.56. The molecule has 0 fully saturated rings. The van der Waals surface area contributed by atoms with E-state index in [0.29, 0.717) is 5.52 Å². The molecule has 0 unspecified atom stereocenters. The Morgan fingerprint density at radius 2 is 1.55 bits per heavy atom. The van der Waals surface area contributed by atoms with E-state index in [9.17, 15) is 24.0 Å². The van der Waals surface area contributed by atoms with E-state index in [1.807, 2.05) is 18.2 Å². The number of hydrazine groups is 1. The molecule has 4 amide bonds. The minimum atomic E-state index is -1.37. The van der Waals surface area contributed by atoms with Crippen LogP contribution in [0.15, 0.2) is 66.7 Å². The smallest absolute Gasteiger partial charge is 0.422 e. The van der Waals surface area contributed by atoms with Crippen LogP contribution in [0, 0.1) is 0 Å². The largest absolute Gasteiger partial charge is 0.443 e. The summed E-state index contributed by atoms with van der Waals surface area (Å²) in [7, 11) is 0. The minimum Gasteiger partial charge on any atom is -0.443 e. The second-order valence-electron chi connectivity index (χ2n) is 11.6. The Morgan fingerprint density at radius 3 is 2.18 bits per heavy atom. The third kappa shape index (κ3) is 10.5. The van der Waals surface area contributed by atoms with Crippen LogP contribution < -0.4 is 21.8 Å². The molecular weight excluding hydrogens is 564 g/mol. The summed E-state index contributed by atoms with van der Waals surface area (Å²) >= 11 is 0. The van der Waals surface area contributed by atoms with Crippen LogP contribution in [0.5, 0.6) is 0 Å². The highest BCUT2D eigenvalue weighted by Crippen LogP contribution is 2.13. The molecule has 12 nitrogen and oxygen atoms in total. The number of fused-ring (bicyclic) bond motifs is 1. The Balaban J connectivity index is 1.81. The lowest BCUT2D eigenvalue weighted by molar-refractivity contribution is -0.131. The van der Waals surface area contributed by atoms with Crippen molar-refractivity contribution in [1.82, 2.24) is 26.1 Å². The van der Waals surface area contributed by atoms with E-state index in [2.05, 4.69) is 21.0 Å². The standard InChI is InChI=1S/C32H40N6O6/c1-20(2)38(37-31(43)44-32(3,4)5)19-27(39)25(17-21-11-7-6-8-12-21)35-30(42)26(18-28(33)40)36-29(41)24-16-15-22-13-9-10-14-23(22)34-24/h6-16,20,25-26H,17-19H2,1-5H3,(H2,33,40)(H,35,42)(H,36,41)(H,37,43)/t25-,26-/m0/s1. The average Bonchev–Trinajstić information content (AvgIpc) is 2.95. The predicted molar refractivity (Wildman–Crippen MR) is 165 cm³/mol. The number of nitrogens with two attached hydrogens (primary N) is 1. The first kappa shape index (κ1) is 33.7. The molecule has 0 aliphatic rings. The molecule has 2 atom stereocenters. The number of carbonyl (C=O) groups is 5. The van der Waals surface area contributed by atoms with E-state index >= 15 is 0 Å². The summed E-state index contributed by atoms with van der Waals surface area (Å²) < 4.78 is 5.32. The lowest BCUT2D eigenvalue weighted by atomic mass is 10.0. The van der Waals surface area contributed by atoms with Gasteiger partial charge in [0.25, 0.3) is 5.91 Å². The molecule has 3 rings (SSSR count). The molecule has 5 N–H and O–H groups in total. The van der Waals surface area contributed by atoms with E-state index in [1.165, 1.54) is 11.1 Å². The third-order valence-electron chi connectivity index (χ3n) is 6.43. The maximum absolute atomic E-state index is 13.6. The highest BCUT2D eigenvalue weighted by molar-refractivity contribution is 6.00. The number of pyridine rings is 1. The molecule has 0 aliphatic heterocycles. The Kier molecular flexibility index (Phi) is 11.5.